The number of ether oxygens (including phenoxy) is 1. The van der Waals surface area contributed by atoms with Crippen molar-refractivity contribution in [1.82, 2.24) is 5.32 Å². The number of benzene rings is 1. The molecule has 1 amide bonds. The first-order valence-electron chi connectivity index (χ1n) is 4.89. The molecule has 1 aromatic rings. The Morgan fingerprint density at radius 2 is 2.18 bits per heavy atom. The molecule has 1 aromatic carbocycles. The highest BCUT2D eigenvalue weighted by Gasteiger charge is 2.14. The van der Waals surface area contributed by atoms with Crippen molar-refractivity contribution in [3.05, 3.63) is 32.7 Å². The first-order chi connectivity index (χ1) is 8.08. The summed E-state index contributed by atoms with van der Waals surface area (Å²) in [6, 6.07) is 5.40. The normalized spacial score (nSPS) is 12.2. The summed E-state index contributed by atoms with van der Waals surface area (Å²) in [5.74, 6) is -0.120. The van der Waals surface area contributed by atoms with E-state index in [1.807, 2.05) is 12.1 Å². The highest BCUT2D eigenvalue weighted by Crippen LogP contribution is 2.21. The van der Waals surface area contributed by atoms with Crippen molar-refractivity contribution in [1.29, 1.82) is 0 Å². The number of halogens is 3. The molecular weight excluding hydrogens is 418 g/mol. The van der Waals surface area contributed by atoms with Gasteiger partial charge in [-0.05, 0) is 34.1 Å². The number of carbonyl (C=O) groups excluding carboxylic acids is 1. The standard InChI is InChI=1S/C11H12Br3NO2/c1-17-6-8(5-12)15-11(16)9-3-2-7(13)4-10(9)14/h2-4,8H,5-6H2,1H3,(H,15,16). The van der Waals surface area contributed by atoms with Crippen LogP contribution in [0.1, 0.15) is 10.4 Å². The van der Waals surface area contributed by atoms with Crippen molar-refractivity contribution in [2.75, 3.05) is 19.0 Å². The Hall–Kier alpha value is 0.0900. The minimum atomic E-state index is -0.120. The van der Waals surface area contributed by atoms with Crippen LogP contribution in [0, 0.1) is 0 Å². The molecule has 94 valence electrons. The van der Waals surface area contributed by atoms with Crippen LogP contribution in [-0.4, -0.2) is 31.0 Å². The quantitative estimate of drug-likeness (QED) is 0.729. The summed E-state index contributed by atoms with van der Waals surface area (Å²) in [4.78, 5) is 12.0. The third-order valence-electron chi connectivity index (χ3n) is 2.07. The Balaban J connectivity index is 2.75. The molecule has 0 aliphatic carbocycles. The van der Waals surface area contributed by atoms with E-state index < -0.39 is 0 Å². The predicted molar refractivity (Wildman–Crippen MR) is 78.8 cm³/mol. The fourth-order valence-electron chi connectivity index (χ4n) is 1.26. The topological polar surface area (TPSA) is 38.3 Å². The lowest BCUT2D eigenvalue weighted by atomic mass is 10.2. The maximum absolute atomic E-state index is 12.0. The third kappa shape index (κ3) is 4.69. The highest BCUT2D eigenvalue weighted by molar-refractivity contribution is 9.11. The number of carbonyl (C=O) groups is 1. The molecule has 0 heterocycles. The van der Waals surface area contributed by atoms with Crippen molar-refractivity contribution >= 4 is 53.7 Å². The highest BCUT2D eigenvalue weighted by atomic mass is 79.9. The van der Waals surface area contributed by atoms with Crippen LogP contribution in [0.4, 0.5) is 0 Å². The fourth-order valence-corrected chi connectivity index (χ4v) is 2.84. The number of amides is 1. The molecule has 1 rings (SSSR count). The predicted octanol–water partition coefficient (Wildman–Crippen LogP) is 3.35. The van der Waals surface area contributed by atoms with Gasteiger partial charge >= 0.3 is 0 Å². The first-order valence-corrected chi connectivity index (χ1v) is 7.60. The van der Waals surface area contributed by atoms with E-state index in [-0.39, 0.29) is 11.9 Å². The third-order valence-corrected chi connectivity index (χ3v) is 4.00. The van der Waals surface area contributed by atoms with Gasteiger partial charge in [-0.15, -0.1) is 0 Å². The zero-order valence-corrected chi connectivity index (χ0v) is 13.9. The van der Waals surface area contributed by atoms with E-state index >= 15 is 0 Å². The lowest BCUT2D eigenvalue weighted by molar-refractivity contribution is 0.0907. The van der Waals surface area contributed by atoms with Crippen molar-refractivity contribution in [2.24, 2.45) is 0 Å². The number of hydrogen-bond acceptors (Lipinski definition) is 2. The summed E-state index contributed by atoms with van der Waals surface area (Å²) in [5.41, 5.74) is 0.607. The molecule has 0 saturated heterocycles. The summed E-state index contributed by atoms with van der Waals surface area (Å²) in [6.45, 7) is 0.477. The minimum absolute atomic E-state index is 0.0388. The molecule has 0 saturated carbocycles. The Bertz CT molecular complexity index is 398. The van der Waals surface area contributed by atoms with Crippen LogP contribution in [0.3, 0.4) is 0 Å². The number of hydrogen-bond donors (Lipinski definition) is 1. The lowest BCUT2D eigenvalue weighted by Gasteiger charge is -2.15. The van der Waals surface area contributed by atoms with Gasteiger partial charge in [0.2, 0.25) is 0 Å². The second-order valence-corrected chi connectivity index (χ2v) is 5.82. The molecular formula is C11H12Br3NO2. The van der Waals surface area contributed by atoms with Gasteiger partial charge in [0.15, 0.2) is 0 Å². The summed E-state index contributed by atoms with van der Waals surface area (Å²) < 4.78 is 6.70. The molecule has 17 heavy (non-hydrogen) atoms. The van der Waals surface area contributed by atoms with Crippen molar-refractivity contribution in [3.8, 4) is 0 Å². The van der Waals surface area contributed by atoms with Gasteiger partial charge in [-0.25, -0.2) is 0 Å². The van der Waals surface area contributed by atoms with Crippen LogP contribution >= 0.6 is 47.8 Å². The SMILES string of the molecule is COCC(CBr)NC(=O)c1ccc(Br)cc1Br. The van der Waals surface area contributed by atoms with Gasteiger partial charge in [-0.2, -0.15) is 0 Å². The van der Waals surface area contributed by atoms with Gasteiger partial charge in [0.05, 0.1) is 18.2 Å². The van der Waals surface area contributed by atoms with Crippen LogP contribution in [0.5, 0.6) is 0 Å². The molecule has 0 bridgehead atoms. The van der Waals surface area contributed by atoms with E-state index in [2.05, 4.69) is 53.1 Å². The van der Waals surface area contributed by atoms with Crippen LogP contribution in [0.2, 0.25) is 0 Å². The van der Waals surface area contributed by atoms with E-state index in [1.165, 1.54) is 0 Å². The van der Waals surface area contributed by atoms with Crippen LogP contribution in [0.15, 0.2) is 27.1 Å². The number of rotatable bonds is 5. The molecule has 1 N–H and O–H groups in total. The fraction of sp³-hybridized carbons (Fsp3) is 0.364. The maximum Gasteiger partial charge on any atom is 0.252 e. The van der Waals surface area contributed by atoms with E-state index in [9.17, 15) is 4.79 Å². The Morgan fingerprint density at radius 3 is 2.71 bits per heavy atom. The molecule has 0 spiro atoms. The van der Waals surface area contributed by atoms with Gasteiger partial charge in [-0.3, -0.25) is 4.79 Å². The Morgan fingerprint density at radius 1 is 1.47 bits per heavy atom. The lowest BCUT2D eigenvalue weighted by Crippen LogP contribution is -2.39. The van der Waals surface area contributed by atoms with E-state index in [0.29, 0.717) is 17.5 Å². The second-order valence-electron chi connectivity index (χ2n) is 3.40. The summed E-state index contributed by atoms with van der Waals surface area (Å²) in [5, 5.41) is 3.54. The van der Waals surface area contributed by atoms with Crippen LogP contribution < -0.4 is 5.32 Å². The molecule has 1 atom stereocenters. The summed E-state index contributed by atoms with van der Waals surface area (Å²) in [7, 11) is 1.61. The second kappa shape index (κ2) is 7.51. The van der Waals surface area contributed by atoms with Crippen LogP contribution in [-0.2, 0) is 4.74 Å². The molecule has 0 aromatic heterocycles. The molecule has 0 fully saturated rings. The summed E-state index contributed by atoms with van der Waals surface area (Å²) in [6.07, 6.45) is 0. The maximum atomic E-state index is 12.0. The Labute approximate surface area is 126 Å². The number of methoxy groups -OCH3 is 1. The zero-order valence-electron chi connectivity index (χ0n) is 9.17. The summed E-state index contributed by atoms with van der Waals surface area (Å²) >= 11 is 10.0. The van der Waals surface area contributed by atoms with Gasteiger partial charge in [0.1, 0.15) is 0 Å². The average Bonchev–Trinajstić information content (AvgIpc) is 2.28. The van der Waals surface area contributed by atoms with Gasteiger partial charge in [-0.1, -0.05) is 31.9 Å². The largest absolute Gasteiger partial charge is 0.383 e. The van der Waals surface area contributed by atoms with Crippen molar-refractivity contribution in [3.63, 3.8) is 0 Å². The first kappa shape index (κ1) is 15.1. The van der Waals surface area contributed by atoms with Gasteiger partial charge < -0.3 is 10.1 Å². The minimum Gasteiger partial charge on any atom is -0.383 e. The Kier molecular flexibility index (Phi) is 6.69. The average molecular weight is 430 g/mol. The zero-order chi connectivity index (χ0) is 12.8. The van der Waals surface area contributed by atoms with Gasteiger partial charge in [0, 0.05) is 21.4 Å². The molecule has 0 aliphatic rings. The van der Waals surface area contributed by atoms with Crippen LogP contribution in [0.25, 0.3) is 0 Å². The number of alkyl halides is 1. The molecule has 6 heteroatoms. The van der Waals surface area contributed by atoms with Gasteiger partial charge in [0.25, 0.3) is 5.91 Å². The molecule has 3 nitrogen and oxygen atoms in total. The molecule has 0 aliphatic heterocycles. The van der Waals surface area contributed by atoms with E-state index in [0.717, 1.165) is 8.95 Å². The molecule has 1 unspecified atom stereocenters. The number of nitrogens with one attached hydrogen (secondary N) is 1. The smallest absolute Gasteiger partial charge is 0.252 e. The van der Waals surface area contributed by atoms with E-state index in [1.54, 1.807) is 13.2 Å². The monoisotopic (exact) mass is 427 g/mol. The van der Waals surface area contributed by atoms with Crippen molar-refractivity contribution < 1.29 is 9.53 Å². The van der Waals surface area contributed by atoms with Crippen molar-refractivity contribution in [2.45, 2.75) is 6.04 Å². The van der Waals surface area contributed by atoms with E-state index in [4.69, 9.17) is 4.74 Å². The molecule has 0 radical (unpaired) electrons.